The number of furan rings is 1. The lowest BCUT2D eigenvalue weighted by Gasteiger charge is -2.13. The van der Waals surface area contributed by atoms with Crippen LogP contribution in [0.4, 0.5) is 0 Å². The number of carbonyl (C=O) groups is 3. The number of hydrogen-bond acceptors (Lipinski definition) is 4. The monoisotopic (exact) mass is 332 g/mol. The van der Waals surface area contributed by atoms with Gasteiger partial charge in [-0.3, -0.25) is 14.4 Å². The molecule has 3 aromatic rings. The van der Waals surface area contributed by atoms with Gasteiger partial charge in [-0.1, -0.05) is 68.4 Å². The van der Waals surface area contributed by atoms with Gasteiger partial charge in [-0.15, -0.1) is 0 Å². The summed E-state index contributed by atoms with van der Waals surface area (Å²) in [6.07, 6.45) is 1.26. The van der Waals surface area contributed by atoms with Crippen molar-refractivity contribution in [2.75, 3.05) is 0 Å². The first-order chi connectivity index (χ1) is 12.2. The molecule has 0 bridgehead atoms. The molecule has 0 aliphatic heterocycles. The third kappa shape index (κ3) is 2.62. The van der Waals surface area contributed by atoms with E-state index in [9.17, 15) is 14.4 Å². The summed E-state index contributed by atoms with van der Waals surface area (Å²) >= 11 is 0. The Morgan fingerprint density at radius 3 is 2.08 bits per heavy atom. The van der Waals surface area contributed by atoms with Gasteiger partial charge >= 0.3 is 0 Å². The highest BCUT2D eigenvalue weighted by molar-refractivity contribution is 6.53. The molecule has 1 aromatic heterocycles. The summed E-state index contributed by atoms with van der Waals surface area (Å²) in [7, 11) is 0. The summed E-state index contributed by atoms with van der Waals surface area (Å²) in [5.74, 6) is -1.37. The predicted molar refractivity (Wildman–Crippen MR) is 94.0 cm³/mol. The molecule has 0 saturated heterocycles. The lowest BCUT2D eigenvalue weighted by molar-refractivity contribution is 0.0813. The minimum absolute atomic E-state index is 0.0579. The van der Waals surface area contributed by atoms with Crippen LogP contribution in [0.3, 0.4) is 0 Å². The van der Waals surface area contributed by atoms with Crippen LogP contribution >= 0.6 is 0 Å². The third-order valence-corrected chi connectivity index (χ3v) is 3.92. The molecule has 0 atom stereocenters. The van der Waals surface area contributed by atoms with Crippen LogP contribution in [0, 0.1) is 0 Å². The predicted octanol–water partition coefficient (Wildman–Crippen LogP) is 4.58. The van der Waals surface area contributed by atoms with E-state index in [1.165, 1.54) is 6.26 Å². The summed E-state index contributed by atoms with van der Waals surface area (Å²) in [4.78, 5) is 37.3. The number of Topliss-reactive ketones (excluding diaryl/α,β-unsaturated/α-hetero) is 2. The second-order valence-electron chi connectivity index (χ2n) is 5.25. The lowest BCUT2D eigenvalue weighted by Crippen LogP contribution is -2.22. The molecule has 0 amide bonds. The van der Waals surface area contributed by atoms with E-state index in [1.54, 1.807) is 54.6 Å². The van der Waals surface area contributed by atoms with Gasteiger partial charge in [0.15, 0.2) is 5.78 Å². The van der Waals surface area contributed by atoms with Crippen molar-refractivity contribution in [2.45, 2.75) is 13.8 Å². The van der Waals surface area contributed by atoms with Gasteiger partial charge in [0.2, 0.25) is 11.6 Å². The minimum Gasteiger partial charge on any atom is -0.463 e. The number of ketones is 3. The number of carbonyl (C=O) groups excluding carboxylic acids is 3. The third-order valence-electron chi connectivity index (χ3n) is 3.92. The van der Waals surface area contributed by atoms with Crippen LogP contribution in [0.25, 0.3) is 11.3 Å². The Morgan fingerprint density at radius 1 is 0.800 bits per heavy atom. The van der Waals surface area contributed by atoms with Crippen LogP contribution < -0.4 is 0 Å². The van der Waals surface area contributed by atoms with E-state index in [0.717, 1.165) is 0 Å². The smallest absolute Gasteiger partial charge is 0.238 e. The standard InChI is InChI=1S/C19H10O4.C2H6/c20-16(11-6-2-1-3-7-11)14-10-23-19-13-9-5-4-8-12(13)17(21)18(22)15(14)19;1-2/h1-10H;1-2H3. The van der Waals surface area contributed by atoms with E-state index in [1.807, 2.05) is 13.8 Å². The fourth-order valence-electron chi connectivity index (χ4n) is 2.81. The van der Waals surface area contributed by atoms with Gasteiger partial charge in [-0.25, -0.2) is 0 Å². The van der Waals surface area contributed by atoms with Crippen molar-refractivity contribution in [1.82, 2.24) is 0 Å². The molecule has 1 aliphatic carbocycles. The normalized spacial score (nSPS) is 11.9. The molecule has 124 valence electrons. The molecule has 1 heterocycles. The van der Waals surface area contributed by atoms with E-state index in [2.05, 4.69) is 0 Å². The second-order valence-corrected chi connectivity index (χ2v) is 5.25. The van der Waals surface area contributed by atoms with Crippen molar-refractivity contribution in [1.29, 1.82) is 0 Å². The van der Waals surface area contributed by atoms with E-state index in [0.29, 0.717) is 16.7 Å². The van der Waals surface area contributed by atoms with Gasteiger partial charge in [0, 0.05) is 16.7 Å². The van der Waals surface area contributed by atoms with Crippen LogP contribution in [-0.2, 0) is 0 Å². The van der Waals surface area contributed by atoms with E-state index >= 15 is 0 Å². The van der Waals surface area contributed by atoms with E-state index < -0.39 is 11.6 Å². The SMILES string of the molecule is CC.O=C1C(=O)c2c(C(=O)c3ccccc3)coc2-c2ccccc21. The summed E-state index contributed by atoms with van der Waals surface area (Å²) in [6, 6.07) is 15.3. The molecule has 1 aliphatic rings. The number of benzene rings is 2. The van der Waals surface area contributed by atoms with Gasteiger partial charge in [0.05, 0.1) is 11.1 Å². The Morgan fingerprint density at radius 2 is 1.40 bits per heavy atom. The highest BCUT2D eigenvalue weighted by Gasteiger charge is 2.36. The first kappa shape index (κ1) is 16.6. The first-order valence-electron chi connectivity index (χ1n) is 8.08. The highest BCUT2D eigenvalue weighted by Crippen LogP contribution is 2.37. The fourth-order valence-corrected chi connectivity index (χ4v) is 2.81. The Bertz CT molecular complexity index is 965. The largest absolute Gasteiger partial charge is 0.463 e. The molecule has 4 nitrogen and oxygen atoms in total. The Labute approximate surface area is 145 Å². The maximum atomic E-state index is 12.6. The maximum Gasteiger partial charge on any atom is 0.238 e. The Kier molecular flexibility index (Phi) is 4.44. The molecule has 25 heavy (non-hydrogen) atoms. The van der Waals surface area contributed by atoms with Crippen LogP contribution in [0.15, 0.2) is 65.3 Å². The number of hydrogen-bond donors (Lipinski definition) is 0. The van der Waals surface area contributed by atoms with Gasteiger partial charge in [-0.05, 0) is 0 Å². The quantitative estimate of drug-likeness (QED) is 0.509. The number of fused-ring (bicyclic) bond motifs is 3. The van der Waals surface area contributed by atoms with Crippen molar-refractivity contribution < 1.29 is 18.8 Å². The topological polar surface area (TPSA) is 64.3 Å². The van der Waals surface area contributed by atoms with E-state index in [-0.39, 0.29) is 22.7 Å². The summed E-state index contributed by atoms with van der Waals surface area (Å²) in [5.41, 5.74) is 1.47. The Hall–Kier alpha value is -3.27. The van der Waals surface area contributed by atoms with Crippen LogP contribution in [0.2, 0.25) is 0 Å². The molecule has 0 unspecified atom stereocenters. The summed E-state index contributed by atoms with van der Waals surface area (Å²) < 4.78 is 5.48. The van der Waals surface area contributed by atoms with Gasteiger partial charge < -0.3 is 4.42 Å². The molecule has 0 radical (unpaired) electrons. The number of rotatable bonds is 2. The summed E-state index contributed by atoms with van der Waals surface area (Å²) in [5, 5.41) is 0. The lowest BCUT2D eigenvalue weighted by atomic mass is 9.86. The van der Waals surface area contributed by atoms with Crippen LogP contribution in [0.1, 0.15) is 50.5 Å². The van der Waals surface area contributed by atoms with Crippen molar-refractivity contribution in [3.8, 4) is 11.3 Å². The van der Waals surface area contributed by atoms with Crippen molar-refractivity contribution in [3.05, 3.63) is 83.1 Å². The van der Waals surface area contributed by atoms with Gasteiger partial charge in [-0.2, -0.15) is 0 Å². The zero-order valence-electron chi connectivity index (χ0n) is 13.9. The zero-order chi connectivity index (χ0) is 18.0. The van der Waals surface area contributed by atoms with Crippen molar-refractivity contribution in [3.63, 3.8) is 0 Å². The van der Waals surface area contributed by atoms with Gasteiger partial charge in [0.25, 0.3) is 0 Å². The van der Waals surface area contributed by atoms with Crippen molar-refractivity contribution >= 4 is 17.3 Å². The molecular formula is C21H16O4. The average Bonchev–Trinajstić information content (AvgIpc) is 3.13. The maximum absolute atomic E-state index is 12.6. The van der Waals surface area contributed by atoms with E-state index in [4.69, 9.17) is 4.42 Å². The molecule has 4 rings (SSSR count). The second kappa shape index (κ2) is 6.69. The molecule has 0 spiro atoms. The highest BCUT2D eigenvalue weighted by atomic mass is 16.3. The van der Waals surface area contributed by atoms with Crippen LogP contribution in [-0.4, -0.2) is 17.3 Å². The molecule has 0 fully saturated rings. The van der Waals surface area contributed by atoms with Crippen molar-refractivity contribution in [2.24, 2.45) is 0 Å². The molecular weight excluding hydrogens is 316 g/mol. The molecule has 4 heteroatoms. The summed E-state index contributed by atoms with van der Waals surface area (Å²) in [6.45, 7) is 4.00. The fraction of sp³-hybridized carbons (Fsp3) is 0.0952. The van der Waals surface area contributed by atoms with Gasteiger partial charge in [0.1, 0.15) is 12.0 Å². The molecule has 0 N–H and O–H groups in total. The molecule has 0 saturated carbocycles. The minimum atomic E-state index is -0.702. The Balaban J connectivity index is 0.000000880. The average molecular weight is 332 g/mol. The first-order valence-corrected chi connectivity index (χ1v) is 8.08. The molecule has 2 aromatic carbocycles. The van der Waals surface area contributed by atoms with Crippen LogP contribution in [0.5, 0.6) is 0 Å². The zero-order valence-corrected chi connectivity index (χ0v) is 13.9.